The largest absolute Gasteiger partial charge is 0.464 e. The number of nitrogen functional groups attached to an aromatic ring is 1. The number of nitrogens with zero attached hydrogens (tertiary/aromatic N) is 4. The highest BCUT2D eigenvalue weighted by molar-refractivity contribution is 7.52. The van der Waals surface area contributed by atoms with Gasteiger partial charge in [-0.2, -0.15) is 15.1 Å². The van der Waals surface area contributed by atoms with Crippen LogP contribution in [-0.4, -0.2) is 57.9 Å². The number of hydrogen-bond donors (Lipinski definition) is 3. The van der Waals surface area contributed by atoms with Crippen LogP contribution in [0.15, 0.2) is 48.8 Å². The average molecular weight is 626 g/mol. The second-order valence-electron chi connectivity index (χ2n) is 12.2. The average Bonchev–Trinajstić information content (AvgIpc) is 3.56. The molecule has 0 aliphatic carbocycles. The number of hydrogen-bond acceptors (Lipinski definition) is 11. The van der Waals surface area contributed by atoms with Gasteiger partial charge in [-0.15, -0.1) is 0 Å². The van der Waals surface area contributed by atoms with Crippen molar-refractivity contribution in [1.29, 1.82) is 0 Å². The van der Waals surface area contributed by atoms with E-state index in [9.17, 15) is 9.36 Å². The number of carbonyl (C=O) groups is 1. The molecular formula is C30H40N7O6P. The minimum absolute atomic E-state index is 0.0351. The van der Waals surface area contributed by atoms with Crippen LogP contribution in [0.5, 0.6) is 5.75 Å². The molecule has 1 aliphatic rings. The zero-order chi connectivity index (χ0) is 31.6. The lowest BCUT2D eigenvalue weighted by Crippen LogP contribution is -2.37. The van der Waals surface area contributed by atoms with Gasteiger partial charge in [0.05, 0.1) is 25.6 Å². The molecule has 13 nitrogen and oxygen atoms in total. The van der Waals surface area contributed by atoms with Crippen molar-refractivity contribution in [3.8, 4) is 5.75 Å². The minimum Gasteiger partial charge on any atom is -0.464 e. The van der Waals surface area contributed by atoms with E-state index in [1.807, 2.05) is 62.6 Å². The fraction of sp³-hybridized carbons (Fsp3) is 0.467. The van der Waals surface area contributed by atoms with E-state index in [2.05, 4.69) is 25.4 Å². The maximum atomic E-state index is 14.3. The predicted octanol–water partition coefficient (Wildman–Crippen LogP) is 5.30. The van der Waals surface area contributed by atoms with Gasteiger partial charge in [-0.1, -0.05) is 64.1 Å². The minimum atomic E-state index is -4.12. The first-order valence-corrected chi connectivity index (χ1v) is 16.1. The molecule has 2 aromatic heterocycles. The first-order chi connectivity index (χ1) is 20.9. The van der Waals surface area contributed by atoms with E-state index >= 15 is 0 Å². The summed E-state index contributed by atoms with van der Waals surface area (Å²) in [6.45, 7) is 9.62. The van der Waals surface area contributed by atoms with Gasteiger partial charge < -0.3 is 25.0 Å². The Balaban J connectivity index is 1.35. The number of carbonyl (C=O) groups excluding carboxylic acids is 1. The van der Waals surface area contributed by atoms with Gasteiger partial charge in [0.2, 0.25) is 5.95 Å². The monoisotopic (exact) mass is 625 g/mol. The molecule has 1 fully saturated rings. The van der Waals surface area contributed by atoms with E-state index in [0.29, 0.717) is 29.2 Å². The van der Waals surface area contributed by atoms with Gasteiger partial charge in [-0.25, -0.2) is 9.55 Å². The van der Waals surface area contributed by atoms with Crippen molar-refractivity contribution in [3.05, 3.63) is 48.8 Å². The molecule has 0 unspecified atom stereocenters. The number of esters is 1. The summed E-state index contributed by atoms with van der Waals surface area (Å²) in [5, 5.41) is 7.44. The summed E-state index contributed by atoms with van der Waals surface area (Å²) in [6.07, 6.45) is 1.38. The third kappa shape index (κ3) is 7.13. The number of rotatable bonds is 11. The molecule has 5 atom stereocenters. The van der Waals surface area contributed by atoms with E-state index in [-0.39, 0.29) is 30.5 Å². The summed E-state index contributed by atoms with van der Waals surface area (Å²) in [6, 6.07) is 12.1. The van der Waals surface area contributed by atoms with Crippen molar-refractivity contribution >= 4 is 47.4 Å². The normalized spacial score (nSPS) is 20.8. The number of benzene rings is 2. The molecule has 236 valence electrons. The summed E-state index contributed by atoms with van der Waals surface area (Å²) < 4.78 is 40.0. The Labute approximate surface area is 256 Å². The van der Waals surface area contributed by atoms with E-state index in [1.54, 1.807) is 32.4 Å². The van der Waals surface area contributed by atoms with Gasteiger partial charge in [-0.05, 0) is 30.2 Å². The maximum Gasteiger partial charge on any atom is 0.459 e. The van der Waals surface area contributed by atoms with Crippen LogP contribution in [0.2, 0.25) is 0 Å². The Morgan fingerprint density at radius 1 is 1.20 bits per heavy atom. The fourth-order valence-electron chi connectivity index (χ4n) is 5.04. The van der Waals surface area contributed by atoms with Crippen LogP contribution in [0, 0.1) is 11.3 Å². The number of nitrogens with two attached hydrogens (primary N) is 1. The van der Waals surface area contributed by atoms with Gasteiger partial charge in [0.25, 0.3) is 0 Å². The summed E-state index contributed by atoms with van der Waals surface area (Å²) >= 11 is 0. The van der Waals surface area contributed by atoms with Crippen LogP contribution in [0.1, 0.15) is 47.3 Å². The Bertz CT molecular complexity index is 1680. The van der Waals surface area contributed by atoms with Gasteiger partial charge >= 0.3 is 13.7 Å². The van der Waals surface area contributed by atoms with E-state index in [0.717, 1.165) is 10.8 Å². The lowest BCUT2D eigenvalue weighted by molar-refractivity contribution is -0.148. The van der Waals surface area contributed by atoms with Gasteiger partial charge in [-0.3, -0.25) is 13.9 Å². The van der Waals surface area contributed by atoms with Gasteiger partial charge in [0.1, 0.15) is 18.0 Å². The Kier molecular flexibility index (Phi) is 9.12. The third-order valence-electron chi connectivity index (χ3n) is 7.15. The molecule has 2 aromatic carbocycles. The van der Waals surface area contributed by atoms with Gasteiger partial charge in [0.15, 0.2) is 17.0 Å². The number of nitrogens with one attached hydrogen (secondary N) is 2. The quantitative estimate of drug-likeness (QED) is 0.146. The molecule has 3 heterocycles. The molecule has 0 bridgehead atoms. The second kappa shape index (κ2) is 12.7. The lowest BCUT2D eigenvalue weighted by atomic mass is 9.99. The Hall–Kier alpha value is -3.77. The summed E-state index contributed by atoms with van der Waals surface area (Å²) in [5.74, 6) is 0.458. The van der Waals surface area contributed by atoms with Crippen LogP contribution in [0.3, 0.4) is 0 Å². The molecule has 0 spiro atoms. The molecule has 1 saturated heterocycles. The molecule has 4 aromatic rings. The first kappa shape index (κ1) is 31.6. The Morgan fingerprint density at radius 2 is 1.95 bits per heavy atom. The molecule has 14 heteroatoms. The molecular weight excluding hydrogens is 585 g/mol. The summed E-state index contributed by atoms with van der Waals surface area (Å²) in [7, 11) is -2.39. The van der Waals surface area contributed by atoms with Crippen LogP contribution in [0.4, 0.5) is 11.8 Å². The second-order valence-corrected chi connectivity index (χ2v) is 13.9. The topological polar surface area (TPSA) is 165 Å². The van der Waals surface area contributed by atoms with E-state index in [4.69, 9.17) is 24.3 Å². The van der Waals surface area contributed by atoms with Crippen LogP contribution < -0.4 is 20.7 Å². The number of imidazole rings is 1. The molecule has 0 radical (unpaired) electrons. The molecule has 1 aliphatic heterocycles. The van der Waals surface area contributed by atoms with Crippen LogP contribution in [0.25, 0.3) is 21.9 Å². The fourth-order valence-corrected chi connectivity index (χ4v) is 6.58. The smallest absolute Gasteiger partial charge is 0.459 e. The van der Waals surface area contributed by atoms with Crippen molar-refractivity contribution < 1.29 is 27.9 Å². The predicted molar refractivity (Wildman–Crippen MR) is 168 cm³/mol. The molecule has 0 amide bonds. The zero-order valence-corrected chi connectivity index (χ0v) is 26.7. The maximum absolute atomic E-state index is 14.3. The molecule has 0 saturated carbocycles. The molecule has 5 rings (SSSR count). The van der Waals surface area contributed by atoms with Crippen LogP contribution >= 0.6 is 7.75 Å². The third-order valence-corrected chi connectivity index (χ3v) is 8.78. The standard InChI is InChI=1S/C30H40N7O6P/c1-18-14-21(42-27(18)37-17-33-24-25(32-6)34-29(31)35-26(24)37)15-41-44(39,36-19(2)28(38)40-16-30(3,4)5)43-23-13-9-11-20-10-7-8-12-22(20)23/h7-13,17-19,21,27H,14-16H2,1-6H3,(H,36,39)(H3,31,32,34,35)/t18-,19-,21-,27+,44+/m0/s1. The number of anilines is 2. The lowest BCUT2D eigenvalue weighted by Gasteiger charge is -2.25. The Morgan fingerprint density at radius 3 is 2.70 bits per heavy atom. The highest BCUT2D eigenvalue weighted by Crippen LogP contribution is 2.48. The highest BCUT2D eigenvalue weighted by Gasteiger charge is 2.39. The zero-order valence-electron chi connectivity index (χ0n) is 25.8. The van der Waals surface area contributed by atoms with Crippen molar-refractivity contribution in [2.45, 2.75) is 59.4 Å². The number of aromatic nitrogens is 4. The van der Waals surface area contributed by atoms with Crippen molar-refractivity contribution in [3.63, 3.8) is 0 Å². The number of ether oxygens (including phenoxy) is 2. The molecule has 44 heavy (non-hydrogen) atoms. The summed E-state index contributed by atoms with van der Waals surface area (Å²) in [4.78, 5) is 25.9. The van der Waals surface area contributed by atoms with Gasteiger partial charge in [0, 0.05) is 18.4 Å². The molecule has 4 N–H and O–H groups in total. The van der Waals surface area contributed by atoms with E-state index in [1.165, 1.54) is 0 Å². The highest BCUT2D eigenvalue weighted by atomic mass is 31.2. The van der Waals surface area contributed by atoms with Crippen LogP contribution in [-0.2, 0) is 23.4 Å². The van der Waals surface area contributed by atoms with Crippen molar-refractivity contribution in [1.82, 2.24) is 24.6 Å². The van der Waals surface area contributed by atoms with Crippen molar-refractivity contribution in [2.24, 2.45) is 11.3 Å². The SMILES string of the molecule is CNc1nc(N)nc2c1ncn2[C@@H]1O[C@H](CO[P@](=O)(N[C@@H](C)C(=O)OCC(C)(C)C)Oc2cccc3ccccc23)C[C@@H]1C. The van der Waals surface area contributed by atoms with E-state index < -0.39 is 32.1 Å². The van der Waals surface area contributed by atoms with Crippen molar-refractivity contribution in [2.75, 3.05) is 31.3 Å². The first-order valence-electron chi connectivity index (χ1n) is 14.6. The summed E-state index contributed by atoms with van der Waals surface area (Å²) in [5.41, 5.74) is 6.81. The number of fused-ring (bicyclic) bond motifs is 2.